The van der Waals surface area contributed by atoms with Crippen molar-refractivity contribution >= 4 is 11.9 Å². The number of methoxy groups -OCH3 is 3. The maximum absolute atomic E-state index is 12.9. The van der Waals surface area contributed by atoms with Crippen LogP contribution in [0, 0.1) is 0 Å². The van der Waals surface area contributed by atoms with Crippen LogP contribution in [0.1, 0.15) is 32.9 Å². The number of rotatable bonds is 9. The largest absolute Gasteiger partial charge is 0.507 e. The Labute approximate surface area is 210 Å². The number of amides is 1. The molecule has 0 aliphatic heterocycles. The van der Waals surface area contributed by atoms with Gasteiger partial charge >= 0.3 is 0 Å². The third kappa shape index (κ3) is 5.27. The van der Waals surface area contributed by atoms with Crippen LogP contribution in [-0.4, -0.2) is 41.9 Å². The summed E-state index contributed by atoms with van der Waals surface area (Å²) in [5, 5.41) is 12.9. The number of carbonyl (C=O) groups is 1. The van der Waals surface area contributed by atoms with Gasteiger partial charge in [-0.1, -0.05) is 30.3 Å². The average Bonchev–Trinajstić information content (AvgIpc) is 3.17. The van der Waals surface area contributed by atoms with E-state index in [2.05, 4.69) is 5.32 Å². The van der Waals surface area contributed by atoms with Crippen molar-refractivity contribution in [1.82, 2.24) is 9.55 Å². The fourth-order valence-corrected chi connectivity index (χ4v) is 4.02. The minimum atomic E-state index is -0.435. The summed E-state index contributed by atoms with van der Waals surface area (Å²) in [5.41, 5.74) is 4.00. The van der Waals surface area contributed by atoms with E-state index in [1.54, 1.807) is 39.5 Å². The Hall–Kier alpha value is -4.46. The number of aromatic nitrogens is 2. The number of imidazole rings is 1. The molecular weight excluding hydrogens is 458 g/mol. The summed E-state index contributed by atoms with van der Waals surface area (Å²) >= 11 is 0. The first-order chi connectivity index (χ1) is 17.4. The van der Waals surface area contributed by atoms with E-state index in [-0.39, 0.29) is 11.3 Å². The Kier molecular flexibility index (Phi) is 7.44. The van der Waals surface area contributed by atoms with Crippen LogP contribution in [-0.2, 0) is 19.9 Å². The van der Waals surface area contributed by atoms with Crippen molar-refractivity contribution in [2.45, 2.75) is 12.8 Å². The van der Waals surface area contributed by atoms with Crippen molar-refractivity contribution in [3.63, 3.8) is 0 Å². The lowest BCUT2D eigenvalue weighted by molar-refractivity contribution is 0.102. The zero-order chi connectivity index (χ0) is 25.7. The maximum Gasteiger partial charge on any atom is 0.261 e. The zero-order valence-electron chi connectivity index (χ0n) is 20.7. The molecule has 1 aromatic heterocycles. The smallest absolute Gasteiger partial charge is 0.261 e. The van der Waals surface area contributed by atoms with E-state index in [0.717, 1.165) is 28.3 Å². The number of nitrogens with one attached hydrogen (secondary N) is 1. The quantitative estimate of drug-likeness (QED) is 0.359. The summed E-state index contributed by atoms with van der Waals surface area (Å²) in [6, 6.07) is 20.0. The lowest BCUT2D eigenvalue weighted by Crippen LogP contribution is -2.15. The van der Waals surface area contributed by atoms with Crippen LogP contribution < -0.4 is 19.5 Å². The van der Waals surface area contributed by atoms with Crippen LogP contribution in [0.25, 0.3) is 0 Å². The van der Waals surface area contributed by atoms with Gasteiger partial charge in [0, 0.05) is 25.6 Å². The van der Waals surface area contributed by atoms with Crippen LogP contribution >= 0.6 is 0 Å². The van der Waals surface area contributed by atoms with Crippen molar-refractivity contribution in [3.8, 4) is 23.0 Å². The number of anilines is 1. The number of ether oxygens (including phenoxy) is 3. The van der Waals surface area contributed by atoms with Crippen LogP contribution in [0.2, 0.25) is 0 Å². The molecule has 0 saturated heterocycles. The van der Waals surface area contributed by atoms with Gasteiger partial charge in [0.05, 0.1) is 32.6 Å². The lowest BCUT2D eigenvalue weighted by atomic mass is 10.0. The first-order valence-electron chi connectivity index (χ1n) is 11.4. The van der Waals surface area contributed by atoms with E-state index in [1.165, 1.54) is 6.07 Å². The number of nitrogens with zero attached hydrogens (tertiary/aromatic N) is 2. The van der Waals surface area contributed by atoms with Crippen molar-refractivity contribution in [2.75, 3.05) is 26.6 Å². The van der Waals surface area contributed by atoms with Gasteiger partial charge in [0.25, 0.3) is 5.91 Å². The van der Waals surface area contributed by atoms with Gasteiger partial charge in [0.1, 0.15) is 11.5 Å². The molecule has 186 valence electrons. The number of aromatic hydroxyl groups is 1. The molecule has 0 aliphatic carbocycles. The fraction of sp³-hybridized carbons (Fsp3) is 0.214. The number of para-hydroxylation sites is 1. The Morgan fingerprint density at radius 2 is 1.58 bits per heavy atom. The third-order valence-corrected chi connectivity index (χ3v) is 6.02. The van der Waals surface area contributed by atoms with Crippen LogP contribution in [0.15, 0.2) is 66.7 Å². The molecule has 0 spiro atoms. The first kappa shape index (κ1) is 24.7. The molecule has 1 heterocycles. The highest BCUT2D eigenvalue weighted by Gasteiger charge is 2.20. The minimum Gasteiger partial charge on any atom is -0.507 e. The molecular formula is C28H29N3O5. The zero-order valence-corrected chi connectivity index (χ0v) is 20.7. The number of phenolic OH excluding ortho intramolecular Hbond substituents is 1. The molecule has 0 bridgehead atoms. The molecule has 1 amide bonds. The second-order valence-electron chi connectivity index (χ2n) is 8.25. The van der Waals surface area contributed by atoms with Gasteiger partial charge in [0.2, 0.25) is 5.95 Å². The van der Waals surface area contributed by atoms with Crippen LogP contribution in [0.4, 0.5) is 5.95 Å². The van der Waals surface area contributed by atoms with Gasteiger partial charge in [-0.2, -0.15) is 0 Å². The second kappa shape index (κ2) is 10.9. The summed E-state index contributed by atoms with van der Waals surface area (Å²) < 4.78 is 18.0. The van der Waals surface area contributed by atoms with Gasteiger partial charge in [-0.05, 0) is 47.5 Å². The fourth-order valence-electron chi connectivity index (χ4n) is 4.02. The summed E-state index contributed by atoms with van der Waals surface area (Å²) in [4.78, 5) is 17.7. The highest BCUT2D eigenvalue weighted by atomic mass is 16.5. The Balaban J connectivity index is 1.69. The second-order valence-corrected chi connectivity index (χ2v) is 8.25. The molecule has 4 aromatic rings. The van der Waals surface area contributed by atoms with E-state index in [9.17, 15) is 9.90 Å². The highest BCUT2D eigenvalue weighted by molar-refractivity contribution is 6.05. The van der Waals surface area contributed by atoms with E-state index in [4.69, 9.17) is 19.2 Å². The Morgan fingerprint density at radius 1 is 0.889 bits per heavy atom. The van der Waals surface area contributed by atoms with E-state index in [0.29, 0.717) is 30.3 Å². The Bertz CT molecular complexity index is 1360. The topological polar surface area (TPSA) is 94.8 Å². The predicted molar refractivity (Wildman–Crippen MR) is 137 cm³/mol. The molecule has 0 aliphatic rings. The van der Waals surface area contributed by atoms with Gasteiger partial charge < -0.3 is 23.9 Å². The SMILES string of the molecule is COc1ccc(Cc2nc(NC(=O)c3ccccc3O)n(C)c2Cc2ccc(OC)c(OC)c2)cc1. The monoisotopic (exact) mass is 487 g/mol. The molecule has 0 radical (unpaired) electrons. The van der Waals surface area contributed by atoms with Crippen LogP contribution in [0.3, 0.4) is 0 Å². The lowest BCUT2D eigenvalue weighted by Gasteiger charge is -2.12. The average molecular weight is 488 g/mol. The molecule has 3 aromatic carbocycles. The number of benzene rings is 3. The summed E-state index contributed by atoms with van der Waals surface area (Å²) in [5.74, 6) is 1.94. The summed E-state index contributed by atoms with van der Waals surface area (Å²) in [6.45, 7) is 0. The molecule has 0 fully saturated rings. The molecule has 8 heteroatoms. The third-order valence-electron chi connectivity index (χ3n) is 6.02. The van der Waals surface area contributed by atoms with Gasteiger partial charge in [-0.15, -0.1) is 0 Å². The van der Waals surface area contributed by atoms with Gasteiger partial charge in [0.15, 0.2) is 11.5 Å². The number of hydrogen-bond donors (Lipinski definition) is 2. The Morgan fingerprint density at radius 3 is 2.25 bits per heavy atom. The number of phenols is 1. The summed E-state index contributed by atoms with van der Waals surface area (Å²) in [6.07, 6.45) is 1.12. The maximum atomic E-state index is 12.9. The van der Waals surface area contributed by atoms with E-state index in [1.807, 2.05) is 54.1 Å². The van der Waals surface area contributed by atoms with E-state index < -0.39 is 5.91 Å². The minimum absolute atomic E-state index is 0.0896. The molecule has 0 atom stereocenters. The van der Waals surface area contributed by atoms with Crippen molar-refractivity contribution in [2.24, 2.45) is 7.05 Å². The van der Waals surface area contributed by atoms with Gasteiger partial charge in [-0.3, -0.25) is 10.1 Å². The molecule has 0 unspecified atom stereocenters. The van der Waals surface area contributed by atoms with Crippen molar-refractivity contribution < 1.29 is 24.1 Å². The molecule has 8 nitrogen and oxygen atoms in total. The normalized spacial score (nSPS) is 10.7. The first-order valence-corrected chi connectivity index (χ1v) is 11.4. The molecule has 4 rings (SSSR count). The highest BCUT2D eigenvalue weighted by Crippen LogP contribution is 2.30. The number of carbonyl (C=O) groups excluding carboxylic acids is 1. The molecule has 0 saturated carbocycles. The van der Waals surface area contributed by atoms with Crippen molar-refractivity contribution in [3.05, 3.63) is 94.8 Å². The van der Waals surface area contributed by atoms with E-state index >= 15 is 0 Å². The van der Waals surface area contributed by atoms with Gasteiger partial charge in [-0.25, -0.2) is 4.98 Å². The van der Waals surface area contributed by atoms with Crippen LogP contribution in [0.5, 0.6) is 23.0 Å². The van der Waals surface area contributed by atoms with Crippen molar-refractivity contribution in [1.29, 1.82) is 0 Å². The summed E-state index contributed by atoms with van der Waals surface area (Å²) in [7, 11) is 6.70. The predicted octanol–water partition coefficient (Wildman–Crippen LogP) is 4.59. The molecule has 2 N–H and O–H groups in total. The molecule has 36 heavy (non-hydrogen) atoms. The standard InChI is InChI=1S/C28H29N3O5/c1-31-23(16-19-11-14-25(35-3)26(17-19)36-4)22(15-18-9-12-20(34-2)13-10-18)29-28(31)30-27(33)21-7-5-6-8-24(21)32/h5-14,17,32H,15-16H2,1-4H3,(H,29,30,33). The number of hydrogen-bond acceptors (Lipinski definition) is 6.